The summed E-state index contributed by atoms with van der Waals surface area (Å²) in [5.41, 5.74) is 1.57. The Morgan fingerprint density at radius 1 is 0.966 bits per heavy atom. The number of amides is 1. The Balaban J connectivity index is 1.52. The van der Waals surface area contributed by atoms with Gasteiger partial charge in [0.2, 0.25) is 5.76 Å². The number of halogens is 3. The Morgan fingerprint density at radius 3 is 2.38 bits per heavy atom. The van der Waals surface area contributed by atoms with Gasteiger partial charge < -0.3 is 19.3 Å². The fourth-order valence-electron chi connectivity index (χ4n) is 3.40. The van der Waals surface area contributed by atoms with Crippen molar-refractivity contribution in [2.75, 3.05) is 31.1 Å². The highest BCUT2D eigenvalue weighted by molar-refractivity contribution is 6.38. The minimum atomic E-state index is -1.15. The lowest BCUT2D eigenvalue weighted by molar-refractivity contribution is 0.0664. The first-order valence-electron chi connectivity index (χ1n) is 8.80. The van der Waals surface area contributed by atoms with E-state index < -0.39 is 5.97 Å². The summed E-state index contributed by atoms with van der Waals surface area (Å²) in [4.78, 5) is 27.7. The number of furan rings is 1. The van der Waals surface area contributed by atoms with Crippen LogP contribution in [0, 0.1) is 0 Å². The Labute approximate surface area is 181 Å². The second-order valence-electron chi connectivity index (χ2n) is 6.63. The molecule has 1 amide bonds. The van der Waals surface area contributed by atoms with Gasteiger partial charge in [-0.05, 0) is 30.3 Å². The molecule has 1 fully saturated rings. The number of carboxylic acid groups (broad SMARTS) is 1. The first kappa shape index (κ1) is 19.9. The Hall–Kier alpha value is -2.41. The number of nitrogens with zero attached hydrogens (tertiary/aromatic N) is 2. The molecule has 0 unspecified atom stereocenters. The molecule has 150 valence electrons. The largest absolute Gasteiger partial charge is 0.475 e. The van der Waals surface area contributed by atoms with E-state index in [1.54, 1.807) is 35.2 Å². The van der Waals surface area contributed by atoms with E-state index in [4.69, 9.17) is 44.3 Å². The molecule has 0 aliphatic carbocycles. The predicted octanol–water partition coefficient (Wildman–Crippen LogP) is 5.05. The summed E-state index contributed by atoms with van der Waals surface area (Å²) >= 11 is 18.7. The van der Waals surface area contributed by atoms with Gasteiger partial charge in [-0.1, -0.05) is 34.8 Å². The van der Waals surface area contributed by atoms with Gasteiger partial charge in [0, 0.05) is 42.7 Å². The number of anilines is 1. The minimum Gasteiger partial charge on any atom is -0.475 e. The summed E-state index contributed by atoms with van der Waals surface area (Å²) in [5.74, 6) is -1.47. The molecule has 1 saturated heterocycles. The third kappa shape index (κ3) is 3.75. The first-order chi connectivity index (χ1) is 13.8. The summed E-state index contributed by atoms with van der Waals surface area (Å²) in [6.45, 7) is 2.11. The normalized spacial score (nSPS) is 14.4. The lowest BCUT2D eigenvalue weighted by Crippen LogP contribution is -2.49. The highest BCUT2D eigenvalue weighted by atomic mass is 35.5. The molecule has 0 radical (unpaired) electrons. The molecule has 1 aliphatic rings. The van der Waals surface area contributed by atoms with Crippen LogP contribution in [0.15, 0.2) is 40.8 Å². The number of carboxylic acids is 1. The summed E-state index contributed by atoms with van der Waals surface area (Å²) < 4.78 is 5.29. The van der Waals surface area contributed by atoms with Crippen molar-refractivity contribution in [3.8, 4) is 0 Å². The predicted molar refractivity (Wildman–Crippen MR) is 113 cm³/mol. The number of benzene rings is 2. The summed E-state index contributed by atoms with van der Waals surface area (Å²) in [6, 6.07) is 9.74. The lowest BCUT2D eigenvalue weighted by Gasteiger charge is -2.36. The molecule has 1 aliphatic heterocycles. The first-order valence-corrected chi connectivity index (χ1v) is 9.93. The molecule has 1 N–H and O–H groups in total. The molecule has 9 heteroatoms. The second kappa shape index (κ2) is 7.78. The smallest absolute Gasteiger partial charge is 0.371 e. The zero-order valence-corrected chi connectivity index (χ0v) is 17.3. The number of fused-ring (bicyclic) bond motifs is 1. The monoisotopic (exact) mass is 452 g/mol. The topological polar surface area (TPSA) is 74.0 Å². The fourth-order valence-corrected chi connectivity index (χ4v) is 4.10. The van der Waals surface area contributed by atoms with Crippen LogP contribution in [0.25, 0.3) is 11.0 Å². The van der Waals surface area contributed by atoms with E-state index in [9.17, 15) is 9.59 Å². The molecule has 0 spiro atoms. The minimum absolute atomic E-state index is 0.159. The van der Waals surface area contributed by atoms with Crippen molar-refractivity contribution in [2.24, 2.45) is 0 Å². The summed E-state index contributed by atoms with van der Waals surface area (Å²) in [6.07, 6.45) is 0. The SMILES string of the molecule is O=C(O)c1cc2c(Cl)c(N3CCN(C(=O)c4cc(Cl)ccc4Cl)CC3)ccc2o1. The molecular weight excluding hydrogens is 439 g/mol. The van der Waals surface area contributed by atoms with Crippen LogP contribution in [-0.4, -0.2) is 48.1 Å². The van der Waals surface area contributed by atoms with Gasteiger partial charge in [0.15, 0.2) is 0 Å². The summed E-state index contributed by atoms with van der Waals surface area (Å²) in [5, 5.41) is 10.9. The van der Waals surface area contributed by atoms with Crippen LogP contribution in [0.1, 0.15) is 20.9 Å². The van der Waals surface area contributed by atoms with Crippen LogP contribution in [0.3, 0.4) is 0 Å². The number of piperazine rings is 1. The lowest BCUT2D eigenvalue weighted by atomic mass is 10.1. The van der Waals surface area contributed by atoms with Gasteiger partial charge >= 0.3 is 5.97 Å². The van der Waals surface area contributed by atoms with E-state index in [1.165, 1.54) is 6.07 Å². The maximum atomic E-state index is 12.8. The van der Waals surface area contributed by atoms with E-state index in [0.717, 1.165) is 5.69 Å². The quantitative estimate of drug-likeness (QED) is 0.600. The number of carbonyl (C=O) groups excluding carboxylic acids is 1. The fraction of sp³-hybridized carbons (Fsp3) is 0.200. The number of rotatable bonds is 3. The van der Waals surface area contributed by atoms with E-state index in [0.29, 0.717) is 57.8 Å². The average Bonchev–Trinajstić information content (AvgIpc) is 3.16. The van der Waals surface area contributed by atoms with Crippen LogP contribution in [0.2, 0.25) is 15.1 Å². The number of aromatic carboxylic acids is 1. The van der Waals surface area contributed by atoms with Crippen LogP contribution in [0.5, 0.6) is 0 Å². The second-order valence-corrected chi connectivity index (χ2v) is 7.85. The Kier molecular flexibility index (Phi) is 5.34. The van der Waals surface area contributed by atoms with Gasteiger partial charge in [-0.15, -0.1) is 0 Å². The third-order valence-electron chi connectivity index (χ3n) is 4.89. The molecule has 4 rings (SSSR count). The van der Waals surface area contributed by atoms with Crippen molar-refractivity contribution >= 4 is 63.3 Å². The molecule has 0 saturated carbocycles. The van der Waals surface area contributed by atoms with Gasteiger partial charge in [-0.3, -0.25) is 4.79 Å². The van der Waals surface area contributed by atoms with Crippen LogP contribution < -0.4 is 4.90 Å². The van der Waals surface area contributed by atoms with Crippen molar-refractivity contribution in [3.05, 3.63) is 62.8 Å². The maximum absolute atomic E-state index is 12.8. The van der Waals surface area contributed by atoms with E-state index in [2.05, 4.69) is 4.90 Å². The molecule has 1 aromatic heterocycles. The highest BCUT2D eigenvalue weighted by Gasteiger charge is 2.26. The van der Waals surface area contributed by atoms with E-state index >= 15 is 0 Å². The highest BCUT2D eigenvalue weighted by Crippen LogP contribution is 2.36. The van der Waals surface area contributed by atoms with Gasteiger partial charge in [-0.25, -0.2) is 4.79 Å². The number of carbonyl (C=O) groups is 2. The van der Waals surface area contributed by atoms with Gasteiger partial charge in [0.25, 0.3) is 5.91 Å². The Bertz CT molecular complexity index is 1120. The maximum Gasteiger partial charge on any atom is 0.371 e. The molecule has 3 aromatic rings. The molecule has 29 heavy (non-hydrogen) atoms. The van der Waals surface area contributed by atoms with Gasteiger partial charge in [-0.2, -0.15) is 0 Å². The van der Waals surface area contributed by atoms with Crippen LogP contribution >= 0.6 is 34.8 Å². The molecule has 0 atom stereocenters. The van der Waals surface area contributed by atoms with Crippen LogP contribution in [0.4, 0.5) is 5.69 Å². The summed E-state index contributed by atoms with van der Waals surface area (Å²) in [7, 11) is 0. The van der Waals surface area contributed by atoms with E-state index in [-0.39, 0.29) is 11.7 Å². The zero-order valence-electron chi connectivity index (χ0n) is 15.0. The molecule has 6 nitrogen and oxygen atoms in total. The zero-order chi connectivity index (χ0) is 20.7. The van der Waals surface area contributed by atoms with Crippen molar-refractivity contribution < 1.29 is 19.1 Å². The number of hydrogen-bond donors (Lipinski definition) is 1. The third-order valence-corrected chi connectivity index (χ3v) is 5.85. The van der Waals surface area contributed by atoms with Gasteiger partial charge in [0.05, 0.1) is 21.3 Å². The average molecular weight is 454 g/mol. The Morgan fingerprint density at radius 2 is 1.69 bits per heavy atom. The van der Waals surface area contributed by atoms with E-state index in [1.807, 2.05) is 0 Å². The molecule has 2 heterocycles. The molecule has 2 aromatic carbocycles. The van der Waals surface area contributed by atoms with Gasteiger partial charge in [0.1, 0.15) is 5.58 Å². The molecular formula is C20H15Cl3N2O4. The standard InChI is InChI=1S/C20H15Cl3N2O4/c21-11-1-2-14(22)12(9-11)19(26)25-7-5-24(6-8-25)15-3-4-16-13(18(15)23)10-17(29-16)20(27)28/h1-4,9-10H,5-8H2,(H,27,28). The van der Waals surface area contributed by atoms with Crippen molar-refractivity contribution in [2.45, 2.75) is 0 Å². The van der Waals surface area contributed by atoms with Crippen molar-refractivity contribution in [1.29, 1.82) is 0 Å². The van der Waals surface area contributed by atoms with Crippen LogP contribution in [-0.2, 0) is 0 Å². The molecule has 0 bridgehead atoms. The number of hydrogen-bond acceptors (Lipinski definition) is 4. The van der Waals surface area contributed by atoms with Crippen molar-refractivity contribution in [1.82, 2.24) is 4.90 Å². The van der Waals surface area contributed by atoms with Crippen molar-refractivity contribution in [3.63, 3.8) is 0 Å².